The van der Waals surface area contributed by atoms with Crippen LogP contribution in [0.1, 0.15) is 25.5 Å². The quantitative estimate of drug-likeness (QED) is 0.736. The van der Waals surface area contributed by atoms with Crippen molar-refractivity contribution < 1.29 is 13.2 Å². The fourth-order valence-electron chi connectivity index (χ4n) is 1.50. The molecular formula is C12H20ClN3O3S. The summed E-state index contributed by atoms with van der Waals surface area (Å²) in [6, 6.07) is 5.49. The molecular weight excluding hydrogens is 302 g/mol. The van der Waals surface area contributed by atoms with Crippen molar-refractivity contribution in [3.63, 3.8) is 0 Å². The van der Waals surface area contributed by atoms with Crippen LogP contribution < -0.4 is 15.8 Å². The SMILES string of the molecule is CNS(=O)(=O)c1cccc(C(C)NC(=O)[C@H](C)N)c1.Cl. The third-order valence-corrected chi connectivity index (χ3v) is 4.12. The molecule has 6 nitrogen and oxygen atoms in total. The van der Waals surface area contributed by atoms with Crippen LogP contribution in [0.25, 0.3) is 0 Å². The lowest BCUT2D eigenvalue weighted by atomic mass is 10.1. The molecule has 1 unspecified atom stereocenters. The van der Waals surface area contributed by atoms with Gasteiger partial charge >= 0.3 is 0 Å². The average Bonchev–Trinajstić information content (AvgIpc) is 2.38. The summed E-state index contributed by atoms with van der Waals surface area (Å²) >= 11 is 0. The summed E-state index contributed by atoms with van der Waals surface area (Å²) in [5, 5.41) is 2.71. The summed E-state index contributed by atoms with van der Waals surface area (Å²) in [4.78, 5) is 11.7. The third kappa shape index (κ3) is 4.75. The molecule has 0 saturated carbocycles. The van der Waals surface area contributed by atoms with E-state index >= 15 is 0 Å². The molecule has 20 heavy (non-hydrogen) atoms. The number of amides is 1. The van der Waals surface area contributed by atoms with Gasteiger partial charge in [0.05, 0.1) is 17.0 Å². The first kappa shape index (κ1) is 18.9. The number of rotatable bonds is 5. The van der Waals surface area contributed by atoms with E-state index in [2.05, 4.69) is 10.0 Å². The van der Waals surface area contributed by atoms with Crippen molar-refractivity contribution in [1.82, 2.24) is 10.0 Å². The average molecular weight is 322 g/mol. The second kappa shape index (κ2) is 7.58. The van der Waals surface area contributed by atoms with Crippen LogP contribution in [0, 0.1) is 0 Å². The van der Waals surface area contributed by atoms with Crippen molar-refractivity contribution >= 4 is 28.3 Å². The number of nitrogens with two attached hydrogens (primary N) is 1. The van der Waals surface area contributed by atoms with Gasteiger partial charge in [0.2, 0.25) is 15.9 Å². The van der Waals surface area contributed by atoms with Gasteiger partial charge < -0.3 is 11.1 Å². The first-order valence-corrected chi connectivity index (χ1v) is 7.35. The molecule has 0 aliphatic heterocycles. The fraction of sp³-hybridized carbons (Fsp3) is 0.417. The van der Waals surface area contributed by atoms with E-state index in [1.807, 2.05) is 0 Å². The van der Waals surface area contributed by atoms with Gasteiger partial charge in [-0.05, 0) is 38.6 Å². The molecule has 1 rings (SSSR count). The van der Waals surface area contributed by atoms with Crippen LogP contribution in [0.4, 0.5) is 0 Å². The number of hydrogen-bond donors (Lipinski definition) is 3. The normalized spacial score (nSPS) is 14.0. The largest absolute Gasteiger partial charge is 0.348 e. The van der Waals surface area contributed by atoms with Gasteiger partial charge in [-0.3, -0.25) is 4.79 Å². The minimum absolute atomic E-state index is 0. The summed E-state index contributed by atoms with van der Waals surface area (Å²) in [6.45, 7) is 3.36. The summed E-state index contributed by atoms with van der Waals surface area (Å²) in [7, 11) is -2.14. The van der Waals surface area contributed by atoms with Crippen molar-refractivity contribution in [2.75, 3.05) is 7.05 Å². The lowest BCUT2D eigenvalue weighted by Crippen LogP contribution is -2.39. The zero-order valence-electron chi connectivity index (χ0n) is 11.6. The van der Waals surface area contributed by atoms with Crippen molar-refractivity contribution in [3.8, 4) is 0 Å². The van der Waals surface area contributed by atoms with Gasteiger partial charge in [0.1, 0.15) is 0 Å². The Labute approximate surface area is 125 Å². The lowest BCUT2D eigenvalue weighted by Gasteiger charge is -2.16. The van der Waals surface area contributed by atoms with E-state index in [4.69, 9.17) is 5.73 Å². The molecule has 114 valence electrons. The Bertz CT molecular complexity index is 561. The van der Waals surface area contributed by atoms with Gasteiger partial charge in [0.25, 0.3) is 0 Å². The van der Waals surface area contributed by atoms with Crippen LogP contribution in [0.2, 0.25) is 0 Å². The Morgan fingerprint density at radius 3 is 2.40 bits per heavy atom. The Morgan fingerprint density at radius 2 is 1.90 bits per heavy atom. The van der Waals surface area contributed by atoms with Crippen molar-refractivity contribution in [2.24, 2.45) is 5.73 Å². The molecule has 4 N–H and O–H groups in total. The van der Waals surface area contributed by atoms with Crippen LogP contribution >= 0.6 is 12.4 Å². The summed E-state index contributed by atoms with van der Waals surface area (Å²) in [5.41, 5.74) is 6.16. The minimum Gasteiger partial charge on any atom is -0.348 e. The molecule has 0 aromatic heterocycles. The van der Waals surface area contributed by atoms with Crippen LogP contribution in [0.15, 0.2) is 29.2 Å². The van der Waals surface area contributed by atoms with Gasteiger partial charge in [-0.15, -0.1) is 12.4 Å². The van der Waals surface area contributed by atoms with Crippen molar-refractivity contribution in [3.05, 3.63) is 29.8 Å². The minimum atomic E-state index is -3.49. The Morgan fingerprint density at radius 1 is 1.30 bits per heavy atom. The maximum absolute atomic E-state index is 11.7. The molecule has 0 spiro atoms. The van der Waals surface area contributed by atoms with Crippen molar-refractivity contribution in [2.45, 2.75) is 30.8 Å². The van der Waals surface area contributed by atoms with E-state index in [-0.39, 0.29) is 29.3 Å². The maximum atomic E-state index is 11.7. The highest BCUT2D eigenvalue weighted by Gasteiger charge is 2.16. The molecule has 1 aromatic carbocycles. The van der Waals surface area contributed by atoms with E-state index in [0.29, 0.717) is 5.56 Å². The van der Waals surface area contributed by atoms with Gasteiger partial charge in [0.15, 0.2) is 0 Å². The molecule has 2 atom stereocenters. The molecule has 1 amide bonds. The van der Waals surface area contributed by atoms with E-state index in [9.17, 15) is 13.2 Å². The number of nitrogens with one attached hydrogen (secondary N) is 2. The zero-order chi connectivity index (χ0) is 14.6. The number of carbonyl (C=O) groups is 1. The molecule has 1 aromatic rings. The lowest BCUT2D eigenvalue weighted by molar-refractivity contribution is -0.122. The van der Waals surface area contributed by atoms with E-state index < -0.39 is 16.1 Å². The molecule has 0 heterocycles. The summed E-state index contributed by atoms with van der Waals surface area (Å²) in [5.74, 6) is -0.283. The first-order valence-electron chi connectivity index (χ1n) is 5.87. The van der Waals surface area contributed by atoms with Crippen molar-refractivity contribution in [1.29, 1.82) is 0 Å². The highest BCUT2D eigenvalue weighted by atomic mass is 35.5. The van der Waals surface area contributed by atoms with E-state index in [1.165, 1.54) is 19.2 Å². The smallest absolute Gasteiger partial charge is 0.240 e. The molecule has 0 fully saturated rings. The number of carbonyl (C=O) groups excluding carboxylic acids is 1. The maximum Gasteiger partial charge on any atom is 0.240 e. The number of hydrogen-bond acceptors (Lipinski definition) is 4. The summed E-state index contributed by atoms with van der Waals surface area (Å²) in [6.07, 6.45) is 0. The first-order chi connectivity index (χ1) is 8.77. The van der Waals surface area contributed by atoms with Gasteiger partial charge in [-0.2, -0.15) is 0 Å². The van der Waals surface area contributed by atoms with Gasteiger partial charge in [-0.1, -0.05) is 12.1 Å². The standard InChI is InChI=1S/C12H19N3O3S.ClH/c1-8(13)12(16)15-9(2)10-5-4-6-11(7-10)19(17,18)14-3;/h4-9,14H,13H2,1-3H3,(H,15,16);1H/t8-,9?;/m0./s1. The van der Waals surface area contributed by atoms with Crippen LogP contribution in [-0.2, 0) is 14.8 Å². The second-order valence-electron chi connectivity index (χ2n) is 4.30. The zero-order valence-corrected chi connectivity index (χ0v) is 13.2. The van der Waals surface area contributed by atoms with Crippen LogP contribution in [0.5, 0.6) is 0 Å². The molecule has 0 aliphatic carbocycles. The Kier molecular flexibility index (Phi) is 7.15. The Balaban J connectivity index is 0.00000361. The molecule has 0 bridgehead atoms. The number of benzene rings is 1. The van der Waals surface area contributed by atoms with Crippen LogP contribution in [-0.4, -0.2) is 27.4 Å². The highest BCUT2D eigenvalue weighted by molar-refractivity contribution is 7.89. The molecule has 0 saturated heterocycles. The van der Waals surface area contributed by atoms with Gasteiger partial charge in [0, 0.05) is 0 Å². The van der Waals surface area contributed by atoms with E-state index in [0.717, 1.165) is 0 Å². The number of sulfonamides is 1. The predicted octanol–water partition coefficient (Wildman–Crippen LogP) is 0.541. The van der Waals surface area contributed by atoms with E-state index in [1.54, 1.807) is 26.0 Å². The predicted molar refractivity (Wildman–Crippen MR) is 80.1 cm³/mol. The molecule has 8 heteroatoms. The topological polar surface area (TPSA) is 101 Å². The number of halogens is 1. The monoisotopic (exact) mass is 321 g/mol. The fourth-order valence-corrected chi connectivity index (χ4v) is 2.28. The molecule has 0 radical (unpaired) electrons. The third-order valence-electron chi connectivity index (χ3n) is 2.71. The summed E-state index contributed by atoms with van der Waals surface area (Å²) < 4.78 is 25.6. The highest BCUT2D eigenvalue weighted by Crippen LogP contribution is 2.17. The molecule has 0 aliphatic rings. The second-order valence-corrected chi connectivity index (χ2v) is 6.19. The Hall–Kier alpha value is -1.15. The van der Waals surface area contributed by atoms with Gasteiger partial charge in [-0.25, -0.2) is 13.1 Å². The van der Waals surface area contributed by atoms with Crippen LogP contribution in [0.3, 0.4) is 0 Å².